The average Bonchev–Trinajstić information content (AvgIpc) is 3.70. The molecule has 3 aromatic carbocycles. The molecule has 8 unspecified atom stereocenters. The van der Waals surface area contributed by atoms with Crippen LogP contribution in [0.25, 0.3) is 16.7 Å². The molecule has 0 heterocycles. The molecule has 1 heteroatoms. The zero-order valence-electron chi connectivity index (χ0n) is 32.8. The lowest BCUT2D eigenvalue weighted by Crippen LogP contribution is -2.47. The van der Waals surface area contributed by atoms with E-state index in [0.717, 1.165) is 22.9 Å². The summed E-state index contributed by atoms with van der Waals surface area (Å²) in [5, 5.41) is 0. The molecule has 0 amide bonds. The zero-order chi connectivity index (χ0) is 35.7. The Hall–Kier alpha value is -3.16. The topological polar surface area (TPSA) is 0 Å². The van der Waals surface area contributed by atoms with Crippen molar-refractivity contribution in [2.45, 2.75) is 110 Å². The fourth-order valence-corrected chi connectivity index (χ4v) is 19.0. The maximum Gasteiger partial charge on any atom is 0.0553 e. The summed E-state index contributed by atoms with van der Waals surface area (Å²) in [6, 6.07) is 33.1. The fraction of sp³-hybridized carbons (Fsp3) is 0.480. The van der Waals surface area contributed by atoms with E-state index in [1.54, 1.807) is 27.9 Å². The average molecular weight is 691 g/mol. The van der Waals surface area contributed by atoms with Crippen LogP contribution in [0.3, 0.4) is 0 Å². The van der Waals surface area contributed by atoms with Crippen LogP contribution in [0.1, 0.15) is 102 Å². The summed E-state index contributed by atoms with van der Waals surface area (Å²) in [5.41, 5.74) is 16.2. The van der Waals surface area contributed by atoms with Crippen molar-refractivity contribution >= 4 is 24.8 Å². The predicted octanol–water partition coefficient (Wildman–Crippen LogP) is 14.1. The molecular weight excluding hydrogens is 629 g/mol. The molecule has 51 heavy (non-hydrogen) atoms. The summed E-state index contributed by atoms with van der Waals surface area (Å²) in [5.74, 6) is 4.66. The maximum atomic E-state index is 2.87. The number of rotatable bonds is 6. The van der Waals surface area contributed by atoms with Crippen molar-refractivity contribution in [2.24, 2.45) is 41.4 Å². The number of hydrogen-bond acceptors (Lipinski definition) is 0. The molecular formula is C50H62Si. The van der Waals surface area contributed by atoms with E-state index >= 15 is 0 Å². The van der Waals surface area contributed by atoms with Crippen LogP contribution >= 0.6 is 0 Å². The van der Waals surface area contributed by atoms with E-state index in [1.807, 2.05) is 0 Å². The van der Waals surface area contributed by atoms with Gasteiger partial charge in [-0.1, -0.05) is 158 Å². The van der Waals surface area contributed by atoms with Crippen molar-refractivity contribution in [3.05, 3.63) is 137 Å². The third-order valence-corrected chi connectivity index (χ3v) is 19.8. The summed E-state index contributed by atoms with van der Waals surface area (Å²) >= 11 is 0. The lowest BCUT2D eigenvalue weighted by Gasteiger charge is -2.49. The first-order valence-electron chi connectivity index (χ1n) is 20.5. The monoisotopic (exact) mass is 690 g/mol. The van der Waals surface area contributed by atoms with Crippen LogP contribution in [0.15, 0.2) is 114 Å². The Balaban J connectivity index is 1.23. The van der Waals surface area contributed by atoms with Crippen molar-refractivity contribution in [3.8, 4) is 0 Å². The number of hydrogen-bond donors (Lipinski definition) is 0. The van der Waals surface area contributed by atoms with E-state index in [1.165, 1.54) is 60.8 Å². The van der Waals surface area contributed by atoms with Crippen molar-refractivity contribution in [2.75, 3.05) is 0 Å². The van der Waals surface area contributed by atoms with Gasteiger partial charge >= 0.3 is 0 Å². The van der Waals surface area contributed by atoms with Crippen molar-refractivity contribution in [3.63, 3.8) is 0 Å². The van der Waals surface area contributed by atoms with Gasteiger partial charge in [0.15, 0.2) is 0 Å². The standard InChI is InChI=1S/C50H62Si/c1-32(2)42-31-43-38(34-26-28-37(29-27-34)50(4,5)6)24-17-25-41(43)49(42)51(7,8)48-33(3)30-44-45(35-18-11-9-12-19-35)39-22-15-16-23-40(39)46(47(44)48)36-20-13-10-14-21-36/h9-14,17-21,24-29,32-33,41-44,47-49H,15-16,22-23,30-31H2,1-8H3. The molecule has 3 saturated carbocycles. The molecule has 8 rings (SSSR count). The van der Waals surface area contributed by atoms with Crippen LogP contribution < -0.4 is 0 Å². The SMILES string of the molecule is CC(C)C1CC2C(c3ccc(C(C)(C)C)cc3)=CC=CC2C1[Si](C)(C)C1C(C)CC2C(c3ccccc3)=C3CCCCC3=C(c3ccccc3)C21. The minimum atomic E-state index is -1.90. The molecule has 266 valence electrons. The van der Waals surface area contributed by atoms with Gasteiger partial charge in [0.25, 0.3) is 0 Å². The molecule has 0 saturated heterocycles. The smallest absolute Gasteiger partial charge is 0.0553 e. The molecule has 0 aromatic heterocycles. The Morgan fingerprint density at radius 3 is 1.84 bits per heavy atom. The van der Waals surface area contributed by atoms with Gasteiger partial charge in [0, 0.05) is 0 Å². The third-order valence-electron chi connectivity index (χ3n) is 14.6. The molecule has 3 aromatic rings. The van der Waals surface area contributed by atoms with Gasteiger partial charge in [0.1, 0.15) is 0 Å². The van der Waals surface area contributed by atoms with Crippen LogP contribution in [0.2, 0.25) is 24.2 Å². The van der Waals surface area contributed by atoms with Gasteiger partial charge in [-0.15, -0.1) is 0 Å². The maximum absolute atomic E-state index is 2.87. The Morgan fingerprint density at radius 2 is 1.25 bits per heavy atom. The van der Waals surface area contributed by atoms with Crippen molar-refractivity contribution < 1.29 is 0 Å². The van der Waals surface area contributed by atoms with E-state index in [-0.39, 0.29) is 5.41 Å². The van der Waals surface area contributed by atoms with Gasteiger partial charge in [-0.25, -0.2) is 0 Å². The molecule has 5 aliphatic rings. The van der Waals surface area contributed by atoms with Gasteiger partial charge < -0.3 is 0 Å². The first-order chi connectivity index (χ1) is 24.5. The van der Waals surface area contributed by atoms with E-state index in [9.17, 15) is 0 Å². The van der Waals surface area contributed by atoms with Crippen molar-refractivity contribution in [1.29, 1.82) is 0 Å². The summed E-state index contributed by atoms with van der Waals surface area (Å²) < 4.78 is 0. The number of allylic oxidation sites excluding steroid dienone is 8. The first kappa shape index (κ1) is 34.9. The van der Waals surface area contributed by atoms with E-state index < -0.39 is 8.07 Å². The van der Waals surface area contributed by atoms with Crippen LogP contribution in [-0.4, -0.2) is 8.07 Å². The summed E-state index contributed by atoms with van der Waals surface area (Å²) in [4.78, 5) is 0. The molecule has 0 N–H and O–H groups in total. The second kappa shape index (κ2) is 13.4. The highest BCUT2D eigenvalue weighted by Crippen LogP contribution is 2.69. The van der Waals surface area contributed by atoms with E-state index in [4.69, 9.17) is 0 Å². The Bertz CT molecular complexity index is 1860. The quantitative estimate of drug-likeness (QED) is 0.226. The second-order valence-electron chi connectivity index (χ2n) is 19.1. The highest BCUT2D eigenvalue weighted by molar-refractivity contribution is 6.80. The number of fused-ring (bicyclic) bond motifs is 3. The van der Waals surface area contributed by atoms with Gasteiger partial charge in [0.2, 0.25) is 0 Å². The predicted molar refractivity (Wildman–Crippen MR) is 223 cm³/mol. The van der Waals surface area contributed by atoms with Gasteiger partial charge in [0.05, 0.1) is 8.07 Å². The van der Waals surface area contributed by atoms with Crippen molar-refractivity contribution in [1.82, 2.24) is 0 Å². The van der Waals surface area contributed by atoms with Gasteiger partial charge in [-0.05, 0) is 147 Å². The zero-order valence-corrected chi connectivity index (χ0v) is 33.8. The van der Waals surface area contributed by atoms with Crippen LogP contribution in [0, 0.1) is 41.4 Å². The largest absolute Gasteiger partial charge is 0.0808 e. The minimum absolute atomic E-state index is 0.176. The van der Waals surface area contributed by atoms with Crippen LogP contribution in [0.5, 0.6) is 0 Å². The van der Waals surface area contributed by atoms with E-state index in [2.05, 4.69) is 158 Å². The highest BCUT2D eigenvalue weighted by Gasteiger charge is 2.60. The molecule has 0 spiro atoms. The summed E-state index contributed by atoms with van der Waals surface area (Å²) in [6.07, 6.45) is 15.4. The molecule has 5 aliphatic carbocycles. The molecule has 0 aliphatic heterocycles. The van der Waals surface area contributed by atoms with E-state index in [0.29, 0.717) is 29.6 Å². The van der Waals surface area contributed by atoms with Gasteiger partial charge in [-0.2, -0.15) is 0 Å². The molecule has 0 nitrogen and oxygen atoms in total. The third kappa shape index (κ3) is 5.95. The Labute approximate surface area is 311 Å². The lowest BCUT2D eigenvalue weighted by molar-refractivity contribution is 0.372. The summed E-state index contributed by atoms with van der Waals surface area (Å²) in [7, 11) is -1.90. The fourth-order valence-electron chi connectivity index (χ4n) is 12.6. The Morgan fingerprint density at radius 1 is 0.667 bits per heavy atom. The second-order valence-corrected chi connectivity index (χ2v) is 24.1. The Kier molecular flexibility index (Phi) is 9.14. The molecule has 8 atom stereocenters. The normalized spacial score (nSPS) is 30.7. The van der Waals surface area contributed by atoms with Gasteiger partial charge in [-0.3, -0.25) is 0 Å². The minimum Gasteiger partial charge on any atom is -0.0808 e. The summed E-state index contributed by atoms with van der Waals surface area (Å²) in [6.45, 7) is 20.5. The highest BCUT2D eigenvalue weighted by atomic mass is 28.3. The molecule has 3 fully saturated rings. The number of benzene rings is 3. The van der Waals surface area contributed by atoms with Crippen LogP contribution in [-0.2, 0) is 5.41 Å². The molecule has 0 bridgehead atoms. The van der Waals surface area contributed by atoms with Crippen LogP contribution in [0.4, 0.5) is 0 Å². The first-order valence-corrected chi connectivity index (χ1v) is 23.7. The molecule has 0 radical (unpaired) electrons. The lowest BCUT2D eigenvalue weighted by atomic mass is 9.66.